The van der Waals surface area contributed by atoms with Crippen molar-refractivity contribution in [1.82, 2.24) is 4.90 Å². The van der Waals surface area contributed by atoms with Crippen LogP contribution in [0.5, 0.6) is 0 Å². The van der Waals surface area contributed by atoms with E-state index in [0.29, 0.717) is 29.6 Å². The molecule has 1 N–H and O–H groups in total. The third-order valence-electron chi connectivity index (χ3n) is 11.1. The summed E-state index contributed by atoms with van der Waals surface area (Å²) in [5.74, 6) is -0.629. The largest absolute Gasteiger partial charge is 0.466 e. The molecule has 2 saturated carbocycles. The quantitative estimate of drug-likeness (QED) is 0.625. The number of hydrogen-bond donors (Lipinski definition) is 1. The number of carbonyl (C=O) groups excluding carboxylic acids is 2. The van der Waals surface area contributed by atoms with Crippen LogP contribution in [0.1, 0.15) is 62.2 Å². The van der Waals surface area contributed by atoms with Gasteiger partial charge in [-0.05, 0) is 75.0 Å². The molecule has 2 unspecified atom stereocenters. The van der Waals surface area contributed by atoms with Crippen molar-refractivity contribution in [3.8, 4) is 0 Å². The lowest BCUT2D eigenvalue weighted by Gasteiger charge is -2.65. The summed E-state index contributed by atoms with van der Waals surface area (Å²) in [6.07, 6.45) is 5.60. The van der Waals surface area contributed by atoms with Crippen LogP contribution in [0.4, 0.5) is 0 Å². The zero-order chi connectivity index (χ0) is 25.7. The van der Waals surface area contributed by atoms with E-state index < -0.39 is 29.2 Å². The summed E-state index contributed by atoms with van der Waals surface area (Å²) in [5.41, 5.74) is 0.185. The second-order valence-corrected chi connectivity index (χ2v) is 12.3. The molecule has 3 saturated heterocycles. The van der Waals surface area contributed by atoms with Crippen LogP contribution >= 0.6 is 0 Å². The number of hydrogen-bond acceptors (Lipinski definition) is 7. The van der Waals surface area contributed by atoms with Gasteiger partial charge in [0.2, 0.25) is 0 Å². The third kappa shape index (κ3) is 2.83. The van der Waals surface area contributed by atoms with Crippen LogP contribution in [0.25, 0.3) is 0 Å². The van der Waals surface area contributed by atoms with E-state index in [1.54, 1.807) is 31.4 Å². The lowest BCUT2D eigenvalue weighted by Crippen LogP contribution is -2.73. The average Bonchev–Trinajstić information content (AvgIpc) is 3.32. The topological polar surface area (TPSA) is 85.3 Å². The third-order valence-corrected chi connectivity index (χ3v) is 11.1. The molecule has 5 bridgehead atoms. The van der Waals surface area contributed by atoms with Gasteiger partial charge in [0, 0.05) is 31.0 Å². The molecule has 1 aromatic rings. The van der Waals surface area contributed by atoms with Gasteiger partial charge in [-0.15, -0.1) is 0 Å². The fourth-order valence-electron chi connectivity index (χ4n) is 10.2. The maximum absolute atomic E-state index is 13.8. The predicted octanol–water partition coefficient (Wildman–Crippen LogP) is 3.50. The van der Waals surface area contributed by atoms with Crippen LogP contribution in [0.3, 0.4) is 0 Å². The molecule has 0 amide bonds. The normalized spacial score (nSPS) is 46.9. The molecular formula is C30H37NO6. The first kappa shape index (κ1) is 23.9. The highest BCUT2D eigenvalue weighted by atomic mass is 16.6. The molecule has 6 aliphatic rings. The minimum atomic E-state index is -1.06. The van der Waals surface area contributed by atoms with E-state index in [0.717, 1.165) is 44.1 Å². The molecule has 7 heteroatoms. The van der Waals surface area contributed by atoms with Crippen molar-refractivity contribution < 1.29 is 28.9 Å². The maximum Gasteiger partial charge on any atom is 0.338 e. The Hall–Kier alpha value is -2.22. The molecule has 198 valence electrons. The average molecular weight is 508 g/mol. The summed E-state index contributed by atoms with van der Waals surface area (Å²) < 4.78 is 17.8. The molecule has 0 radical (unpaired) electrons. The van der Waals surface area contributed by atoms with Crippen LogP contribution in [0, 0.1) is 23.7 Å². The van der Waals surface area contributed by atoms with Crippen molar-refractivity contribution in [3.63, 3.8) is 0 Å². The van der Waals surface area contributed by atoms with E-state index in [9.17, 15) is 14.7 Å². The van der Waals surface area contributed by atoms with Crippen LogP contribution < -0.4 is 0 Å². The van der Waals surface area contributed by atoms with E-state index in [4.69, 9.17) is 14.2 Å². The molecule has 7 nitrogen and oxygen atoms in total. The van der Waals surface area contributed by atoms with E-state index >= 15 is 0 Å². The number of aliphatic hydroxyl groups is 1. The summed E-state index contributed by atoms with van der Waals surface area (Å²) >= 11 is 0. The van der Waals surface area contributed by atoms with E-state index in [-0.39, 0.29) is 29.8 Å². The van der Waals surface area contributed by atoms with Crippen molar-refractivity contribution >= 4 is 11.9 Å². The highest BCUT2D eigenvalue weighted by Gasteiger charge is 2.81. The Morgan fingerprint density at radius 1 is 1.03 bits per heavy atom. The number of nitrogens with zero attached hydrogens (tertiary/aromatic N) is 1. The van der Waals surface area contributed by atoms with Crippen molar-refractivity contribution in [2.45, 2.75) is 87.3 Å². The van der Waals surface area contributed by atoms with Gasteiger partial charge in [-0.2, -0.15) is 0 Å². The number of fused-ring (bicyclic) bond motifs is 2. The minimum Gasteiger partial charge on any atom is -0.466 e. The van der Waals surface area contributed by atoms with Gasteiger partial charge < -0.3 is 19.3 Å². The summed E-state index contributed by atoms with van der Waals surface area (Å²) in [6.45, 7) is 2.31. The zero-order valence-corrected chi connectivity index (χ0v) is 21.9. The Morgan fingerprint density at radius 3 is 2.54 bits per heavy atom. The first-order chi connectivity index (χ1) is 17.9. The number of benzene rings is 1. The smallest absolute Gasteiger partial charge is 0.338 e. The second kappa shape index (κ2) is 8.14. The van der Waals surface area contributed by atoms with Gasteiger partial charge in [0.1, 0.15) is 6.10 Å². The van der Waals surface area contributed by atoms with Crippen molar-refractivity contribution in [2.24, 2.45) is 23.7 Å². The molecule has 5 fully saturated rings. The number of carbonyl (C=O) groups is 2. The van der Waals surface area contributed by atoms with E-state index in [2.05, 4.69) is 11.8 Å². The van der Waals surface area contributed by atoms with Crippen molar-refractivity contribution in [3.05, 3.63) is 47.0 Å². The van der Waals surface area contributed by atoms with Gasteiger partial charge >= 0.3 is 11.9 Å². The Kier molecular flexibility index (Phi) is 5.25. The SMILES string of the molecule is COC(=O)C1=C2C3(O)C[C@@H]4C[C@@H]5[C@H]3CC[C@H](C)N5[C@]24[C@@H]2CCC[C@H](OC)[C@H]2[C@@H]1OC(=O)c1ccccc1. The molecule has 3 heterocycles. The molecule has 1 spiro atoms. The summed E-state index contributed by atoms with van der Waals surface area (Å²) in [6, 6.07) is 9.64. The van der Waals surface area contributed by atoms with Crippen molar-refractivity contribution in [1.29, 1.82) is 0 Å². The highest BCUT2D eigenvalue weighted by Crippen LogP contribution is 2.75. The Bertz CT molecular complexity index is 1170. The summed E-state index contributed by atoms with van der Waals surface area (Å²) in [4.78, 5) is 29.9. The number of ether oxygens (including phenoxy) is 3. The maximum atomic E-state index is 13.8. The number of esters is 2. The van der Waals surface area contributed by atoms with Gasteiger partial charge in [0.15, 0.2) is 0 Å². The van der Waals surface area contributed by atoms with E-state index in [1.165, 1.54) is 7.11 Å². The first-order valence-corrected chi connectivity index (χ1v) is 14.0. The predicted molar refractivity (Wildman–Crippen MR) is 135 cm³/mol. The Balaban J connectivity index is 1.48. The zero-order valence-electron chi connectivity index (χ0n) is 21.9. The summed E-state index contributed by atoms with van der Waals surface area (Å²) in [5, 5.41) is 12.5. The van der Waals surface area contributed by atoms with Crippen LogP contribution in [0.15, 0.2) is 41.5 Å². The van der Waals surface area contributed by atoms with Crippen molar-refractivity contribution in [2.75, 3.05) is 14.2 Å². The van der Waals surface area contributed by atoms with Gasteiger partial charge in [-0.3, -0.25) is 4.90 Å². The van der Waals surface area contributed by atoms with Gasteiger partial charge in [-0.1, -0.05) is 24.6 Å². The Morgan fingerprint density at radius 2 is 1.81 bits per heavy atom. The van der Waals surface area contributed by atoms with Crippen LogP contribution in [-0.4, -0.2) is 71.6 Å². The molecule has 1 aromatic carbocycles. The van der Waals surface area contributed by atoms with Gasteiger partial charge in [0.05, 0.1) is 35.5 Å². The molecule has 11 atom stereocenters. The number of piperidine rings is 2. The van der Waals surface area contributed by atoms with Gasteiger partial charge in [0.25, 0.3) is 0 Å². The Labute approximate surface area is 218 Å². The molecule has 7 rings (SSSR count). The highest BCUT2D eigenvalue weighted by molar-refractivity contribution is 5.95. The molecule has 37 heavy (non-hydrogen) atoms. The lowest BCUT2D eigenvalue weighted by molar-refractivity contribution is -0.164. The monoisotopic (exact) mass is 507 g/mol. The van der Waals surface area contributed by atoms with Crippen LogP contribution in [-0.2, 0) is 19.0 Å². The minimum absolute atomic E-state index is 0.0917. The first-order valence-electron chi connectivity index (χ1n) is 14.0. The number of rotatable bonds is 4. The molecule has 3 aliphatic heterocycles. The van der Waals surface area contributed by atoms with E-state index in [1.807, 2.05) is 6.07 Å². The van der Waals surface area contributed by atoms with Crippen LogP contribution in [0.2, 0.25) is 0 Å². The fraction of sp³-hybridized carbons (Fsp3) is 0.667. The van der Waals surface area contributed by atoms with Gasteiger partial charge in [-0.25, -0.2) is 9.59 Å². The fourth-order valence-corrected chi connectivity index (χ4v) is 10.2. The second-order valence-electron chi connectivity index (χ2n) is 12.3. The molecular weight excluding hydrogens is 470 g/mol. The number of methoxy groups -OCH3 is 2. The standard InChI is InChI=1S/C30H37NO6/c1-16-12-13-19-21-14-18-15-29(19,34)26-24(28(33)36-3)25(37-27(32)17-8-5-4-6-9-17)23-20(30(18,26)31(16)21)10-7-11-22(23)35-2/h4-6,8-9,16,18-23,25,34H,7,10-15H2,1-3H3/t16-,18-,19+,20+,21+,22-,23-,25-,29?,30+/m0/s1. The lowest BCUT2D eigenvalue weighted by atomic mass is 9.53. The molecule has 0 aromatic heterocycles. The summed E-state index contributed by atoms with van der Waals surface area (Å²) in [7, 11) is 3.11. The molecule has 3 aliphatic carbocycles.